The summed E-state index contributed by atoms with van der Waals surface area (Å²) in [5.74, 6) is -0.243. The van der Waals surface area contributed by atoms with Crippen LogP contribution in [0.2, 0.25) is 0 Å². The molecule has 1 aliphatic rings. The van der Waals surface area contributed by atoms with Crippen LogP contribution in [0.25, 0.3) is 0 Å². The highest BCUT2D eigenvalue weighted by atomic mass is 16.2. The number of nitrogens with zero attached hydrogens (tertiary/aromatic N) is 1. The lowest BCUT2D eigenvalue weighted by Gasteiger charge is -2.19. The normalized spacial score (nSPS) is 19.1. The first-order chi connectivity index (χ1) is 8.99. The van der Waals surface area contributed by atoms with Gasteiger partial charge in [0.15, 0.2) is 0 Å². The molecule has 1 aliphatic heterocycles. The number of amides is 2. The zero-order valence-corrected chi connectivity index (χ0v) is 11.6. The van der Waals surface area contributed by atoms with Crippen molar-refractivity contribution in [3.05, 3.63) is 29.8 Å². The van der Waals surface area contributed by atoms with Gasteiger partial charge in [-0.3, -0.25) is 9.59 Å². The molecular formula is C15H20N2O2. The average Bonchev–Trinajstić information content (AvgIpc) is 2.71. The quantitative estimate of drug-likeness (QED) is 0.902. The van der Waals surface area contributed by atoms with Gasteiger partial charge in [-0.15, -0.1) is 0 Å². The molecule has 1 fully saturated rings. The number of hydrogen-bond acceptors (Lipinski definition) is 2. The smallest absolute Gasteiger partial charge is 0.227 e. The zero-order chi connectivity index (χ0) is 14.0. The molecule has 2 rings (SSSR count). The zero-order valence-electron chi connectivity index (χ0n) is 11.6. The lowest BCUT2D eigenvalue weighted by Crippen LogP contribution is -2.37. The summed E-state index contributed by atoms with van der Waals surface area (Å²) in [5.41, 5.74) is 1.97. The molecule has 0 spiro atoms. The first kappa shape index (κ1) is 13.6. The molecule has 4 heteroatoms. The van der Waals surface area contributed by atoms with Crippen LogP contribution in [0.15, 0.2) is 24.3 Å². The van der Waals surface area contributed by atoms with Gasteiger partial charge in [0.05, 0.1) is 5.92 Å². The van der Waals surface area contributed by atoms with Gasteiger partial charge in [-0.25, -0.2) is 0 Å². The first-order valence-corrected chi connectivity index (χ1v) is 6.65. The van der Waals surface area contributed by atoms with E-state index in [1.54, 1.807) is 4.90 Å². The highest BCUT2D eigenvalue weighted by molar-refractivity contribution is 6.00. The van der Waals surface area contributed by atoms with Crippen LogP contribution < -0.4 is 10.2 Å². The molecule has 0 aromatic heterocycles. The van der Waals surface area contributed by atoms with Crippen LogP contribution >= 0.6 is 0 Å². The summed E-state index contributed by atoms with van der Waals surface area (Å²) >= 11 is 0. The van der Waals surface area contributed by atoms with Crippen LogP contribution in [0.3, 0.4) is 0 Å². The fourth-order valence-electron chi connectivity index (χ4n) is 2.38. The molecule has 1 atom stereocenters. The third-order valence-corrected chi connectivity index (χ3v) is 3.33. The van der Waals surface area contributed by atoms with E-state index in [1.165, 1.54) is 0 Å². The summed E-state index contributed by atoms with van der Waals surface area (Å²) in [5, 5.41) is 2.87. The summed E-state index contributed by atoms with van der Waals surface area (Å²) in [6, 6.07) is 7.87. The molecule has 1 aromatic carbocycles. The predicted octanol–water partition coefficient (Wildman–Crippen LogP) is 1.87. The minimum Gasteiger partial charge on any atom is -0.354 e. The maximum absolute atomic E-state index is 12.1. The van der Waals surface area contributed by atoms with Crippen LogP contribution in [-0.2, 0) is 9.59 Å². The van der Waals surface area contributed by atoms with Crippen molar-refractivity contribution in [1.29, 1.82) is 0 Å². The van der Waals surface area contributed by atoms with Gasteiger partial charge in [0.1, 0.15) is 0 Å². The molecule has 0 aliphatic carbocycles. The Balaban J connectivity index is 2.12. The Morgan fingerprint density at radius 1 is 1.37 bits per heavy atom. The van der Waals surface area contributed by atoms with Gasteiger partial charge >= 0.3 is 0 Å². The highest BCUT2D eigenvalue weighted by Crippen LogP contribution is 2.27. The van der Waals surface area contributed by atoms with E-state index in [-0.39, 0.29) is 23.8 Å². The third kappa shape index (κ3) is 2.95. The van der Waals surface area contributed by atoms with E-state index in [0.717, 1.165) is 11.3 Å². The molecule has 0 bridgehead atoms. The summed E-state index contributed by atoms with van der Waals surface area (Å²) in [4.78, 5) is 25.8. The number of anilines is 1. The molecule has 0 radical (unpaired) electrons. The second-order valence-corrected chi connectivity index (χ2v) is 5.36. The van der Waals surface area contributed by atoms with E-state index in [4.69, 9.17) is 0 Å². The molecule has 1 aromatic rings. The largest absolute Gasteiger partial charge is 0.354 e. The molecule has 4 nitrogen and oxygen atoms in total. The monoisotopic (exact) mass is 260 g/mol. The minimum absolute atomic E-state index is 0.0261. The van der Waals surface area contributed by atoms with E-state index < -0.39 is 0 Å². The van der Waals surface area contributed by atoms with Crippen molar-refractivity contribution >= 4 is 17.5 Å². The summed E-state index contributed by atoms with van der Waals surface area (Å²) < 4.78 is 0. The fraction of sp³-hybridized carbons (Fsp3) is 0.467. The molecular weight excluding hydrogens is 240 g/mol. The van der Waals surface area contributed by atoms with Gasteiger partial charge in [-0.1, -0.05) is 18.2 Å². The Labute approximate surface area is 113 Å². The van der Waals surface area contributed by atoms with Crippen LogP contribution in [0, 0.1) is 12.8 Å². The maximum atomic E-state index is 12.1. The number of carbonyl (C=O) groups excluding carboxylic acids is 2. The number of benzene rings is 1. The average molecular weight is 260 g/mol. The van der Waals surface area contributed by atoms with E-state index in [1.807, 2.05) is 45.0 Å². The van der Waals surface area contributed by atoms with Gasteiger partial charge in [-0.05, 0) is 32.4 Å². The van der Waals surface area contributed by atoms with Crippen molar-refractivity contribution in [2.75, 3.05) is 11.4 Å². The second kappa shape index (κ2) is 5.43. The number of carbonyl (C=O) groups is 2. The Bertz CT molecular complexity index is 497. The molecule has 19 heavy (non-hydrogen) atoms. The fourth-order valence-corrected chi connectivity index (χ4v) is 2.38. The van der Waals surface area contributed by atoms with Crippen molar-refractivity contribution in [3.8, 4) is 0 Å². The predicted molar refractivity (Wildman–Crippen MR) is 74.9 cm³/mol. The van der Waals surface area contributed by atoms with E-state index in [2.05, 4.69) is 5.32 Å². The molecule has 102 valence electrons. The lowest BCUT2D eigenvalue weighted by atomic mass is 10.1. The van der Waals surface area contributed by atoms with Crippen LogP contribution in [0.1, 0.15) is 25.8 Å². The van der Waals surface area contributed by atoms with Crippen LogP contribution in [0.5, 0.6) is 0 Å². The van der Waals surface area contributed by atoms with Crippen molar-refractivity contribution in [2.24, 2.45) is 5.92 Å². The molecule has 0 saturated carbocycles. The van der Waals surface area contributed by atoms with Gasteiger partial charge in [0.25, 0.3) is 0 Å². The van der Waals surface area contributed by atoms with Gasteiger partial charge in [-0.2, -0.15) is 0 Å². The molecule has 0 unspecified atom stereocenters. The summed E-state index contributed by atoms with van der Waals surface area (Å²) in [6.07, 6.45) is 0.298. The van der Waals surface area contributed by atoms with Gasteiger partial charge in [0.2, 0.25) is 11.8 Å². The summed E-state index contributed by atoms with van der Waals surface area (Å²) in [7, 11) is 0. The SMILES string of the molecule is Cc1ccccc1N1C[C@H](C(=O)NC(C)C)CC1=O. The van der Waals surface area contributed by atoms with Gasteiger partial charge in [0, 0.05) is 24.7 Å². The first-order valence-electron chi connectivity index (χ1n) is 6.65. The number of nitrogens with one attached hydrogen (secondary N) is 1. The maximum Gasteiger partial charge on any atom is 0.227 e. The third-order valence-electron chi connectivity index (χ3n) is 3.33. The molecule has 1 saturated heterocycles. The topological polar surface area (TPSA) is 49.4 Å². The molecule has 1 N–H and O–H groups in total. The van der Waals surface area contributed by atoms with Crippen molar-refractivity contribution in [3.63, 3.8) is 0 Å². The second-order valence-electron chi connectivity index (χ2n) is 5.36. The van der Waals surface area contributed by atoms with Crippen LogP contribution in [-0.4, -0.2) is 24.4 Å². The Kier molecular flexibility index (Phi) is 3.88. The Morgan fingerprint density at radius 3 is 2.68 bits per heavy atom. The molecule has 2 amide bonds. The van der Waals surface area contributed by atoms with Crippen molar-refractivity contribution in [1.82, 2.24) is 5.32 Å². The number of rotatable bonds is 3. The van der Waals surface area contributed by atoms with E-state index >= 15 is 0 Å². The van der Waals surface area contributed by atoms with Crippen molar-refractivity contribution in [2.45, 2.75) is 33.2 Å². The molecule has 1 heterocycles. The highest BCUT2D eigenvalue weighted by Gasteiger charge is 2.35. The Hall–Kier alpha value is -1.84. The van der Waals surface area contributed by atoms with Crippen molar-refractivity contribution < 1.29 is 9.59 Å². The minimum atomic E-state index is -0.241. The number of hydrogen-bond donors (Lipinski definition) is 1. The number of para-hydroxylation sites is 1. The van der Waals surface area contributed by atoms with Crippen LogP contribution in [0.4, 0.5) is 5.69 Å². The number of aryl methyl sites for hydroxylation is 1. The van der Waals surface area contributed by atoms with Gasteiger partial charge < -0.3 is 10.2 Å². The standard InChI is InChI=1S/C15H20N2O2/c1-10(2)16-15(19)12-8-14(18)17(9-12)13-7-5-4-6-11(13)3/h4-7,10,12H,8-9H2,1-3H3,(H,16,19)/t12-/m1/s1. The summed E-state index contributed by atoms with van der Waals surface area (Å²) in [6.45, 7) is 6.30. The van der Waals surface area contributed by atoms with E-state index in [0.29, 0.717) is 13.0 Å². The lowest BCUT2D eigenvalue weighted by molar-refractivity contribution is -0.126. The Morgan fingerprint density at radius 2 is 2.05 bits per heavy atom. The van der Waals surface area contributed by atoms with E-state index in [9.17, 15) is 9.59 Å².